The first-order valence-electron chi connectivity index (χ1n) is 4.14. The number of rotatable bonds is 6. The normalized spacial score (nSPS) is 12.2. The molecule has 1 N–H and O–H groups in total. The van der Waals surface area contributed by atoms with E-state index in [2.05, 4.69) is 16.6 Å². The number of unbranched alkanes of at least 4 members (excludes halogenated alkanes) is 1. The van der Waals surface area contributed by atoms with E-state index in [0.717, 1.165) is 19.4 Å². The molecule has 0 saturated carbocycles. The first-order chi connectivity index (χ1) is 5.72. The fourth-order valence-electron chi connectivity index (χ4n) is 0.825. The Labute approximate surface area is 73.8 Å². The van der Waals surface area contributed by atoms with Crippen LogP contribution in [0.15, 0.2) is 12.7 Å². The lowest BCUT2D eigenvalue weighted by molar-refractivity contribution is -0.142. The zero-order chi connectivity index (χ0) is 9.40. The van der Waals surface area contributed by atoms with E-state index in [4.69, 9.17) is 0 Å². The Hall–Kier alpha value is -0.830. The number of carbonyl (C=O) groups excluding carboxylic acids is 1. The average Bonchev–Trinajstić information content (AvgIpc) is 2.10. The van der Waals surface area contributed by atoms with Gasteiger partial charge in [0, 0.05) is 0 Å². The second-order valence-electron chi connectivity index (χ2n) is 2.63. The first-order valence-corrected chi connectivity index (χ1v) is 4.14. The molecule has 0 aromatic rings. The SMILES string of the molecule is C=CCCCN[C@@H](C)C(=O)OC. The van der Waals surface area contributed by atoms with Crippen molar-refractivity contribution in [3.05, 3.63) is 12.7 Å². The average molecular weight is 171 g/mol. The van der Waals surface area contributed by atoms with Crippen molar-refractivity contribution in [3.8, 4) is 0 Å². The molecule has 0 radical (unpaired) electrons. The fraction of sp³-hybridized carbons (Fsp3) is 0.667. The highest BCUT2D eigenvalue weighted by atomic mass is 16.5. The highest BCUT2D eigenvalue weighted by molar-refractivity contribution is 5.74. The Morgan fingerprint density at radius 3 is 2.92 bits per heavy atom. The second kappa shape index (κ2) is 6.85. The third kappa shape index (κ3) is 4.91. The van der Waals surface area contributed by atoms with Crippen molar-refractivity contribution >= 4 is 5.97 Å². The standard InChI is InChI=1S/C9H17NO2/c1-4-5-6-7-10-8(2)9(11)12-3/h4,8,10H,1,5-7H2,2-3H3/t8-/m0/s1. The van der Waals surface area contributed by atoms with E-state index in [9.17, 15) is 4.79 Å². The highest BCUT2D eigenvalue weighted by Crippen LogP contribution is 1.90. The van der Waals surface area contributed by atoms with Gasteiger partial charge in [-0.15, -0.1) is 6.58 Å². The molecule has 3 heteroatoms. The number of hydrogen-bond acceptors (Lipinski definition) is 3. The molecule has 0 rings (SSSR count). The van der Waals surface area contributed by atoms with Crippen molar-refractivity contribution in [1.82, 2.24) is 5.32 Å². The van der Waals surface area contributed by atoms with Gasteiger partial charge in [-0.1, -0.05) is 6.08 Å². The van der Waals surface area contributed by atoms with Gasteiger partial charge in [0.05, 0.1) is 7.11 Å². The maximum Gasteiger partial charge on any atom is 0.322 e. The molecule has 0 aromatic heterocycles. The van der Waals surface area contributed by atoms with Gasteiger partial charge in [-0.2, -0.15) is 0 Å². The zero-order valence-electron chi connectivity index (χ0n) is 7.80. The van der Waals surface area contributed by atoms with Gasteiger partial charge in [0.2, 0.25) is 0 Å². The van der Waals surface area contributed by atoms with E-state index in [-0.39, 0.29) is 12.0 Å². The van der Waals surface area contributed by atoms with Crippen molar-refractivity contribution in [2.45, 2.75) is 25.8 Å². The minimum absolute atomic E-state index is 0.209. The lowest BCUT2D eigenvalue weighted by Crippen LogP contribution is -2.35. The van der Waals surface area contributed by atoms with Crippen molar-refractivity contribution < 1.29 is 9.53 Å². The van der Waals surface area contributed by atoms with Crippen LogP contribution in [-0.4, -0.2) is 25.7 Å². The number of nitrogens with one attached hydrogen (secondary N) is 1. The Balaban J connectivity index is 3.36. The summed E-state index contributed by atoms with van der Waals surface area (Å²) in [7, 11) is 1.39. The molecule has 0 unspecified atom stereocenters. The Bertz CT molecular complexity index is 145. The van der Waals surface area contributed by atoms with E-state index < -0.39 is 0 Å². The molecule has 0 aliphatic carbocycles. The molecule has 0 fully saturated rings. The summed E-state index contributed by atoms with van der Waals surface area (Å²) >= 11 is 0. The topological polar surface area (TPSA) is 38.3 Å². The van der Waals surface area contributed by atoms with E-state index in [1.807, 2.05) is 6.08 Å². The van der Waals surface area contributed by atoms with Crippen LogP contribution < -0.4 is 5.32 Å². The number of esters is 1. The number of allylic oxidation sites excluding steroid dienone is 1. The summed E-state index contributed by atoms with van der Waals surface area (Å²) in [6.07, 6.45) is 3.84. The molecule has 0 amide bonds. The molecule has 0 spiro atoms. The summed E-state index contributed by atoms with van der Waals surface area (Å²) in [5.41, 5.74) is 0. The first kappa shape index (κ1) is 11.2. The molecule has 0 bridgehead atoms. The molecule has 0 aromatic carbocycles. The largest absolute Gasteiger partial charge is 0.468 e. The lowest BCUT2D eigenvalue weighted by atomic mass is 10.3. The fourth-order valence-corrected chi connectivity index (χ4v) is 0.825. The van der Waals surface area contributed by atoms with Gasteiger partial charge in [-0.05, 0) is 26.3 Å². The molecule has 0 aliphatic heterocycles. The number of ether oxygens (including phenoxy) is 1. The van der Waals surface area contributed by atoms with E-state index >= 15 is 0 Å². The van der Waals surface area contributed by atoms with Crippen LogP contribution in [0.4, 0.5) is 0 Å². The molecule has 3 nitrogen and oxygen atoms in total. The van der Waals surface area contributed by atoms with Crippen LogP contribution >= 0.6 is 0 Å². The van der Waals surface area contributed by atoms with Gasteiger partial charge in [0.25, 0.3) is 0 Å². The maximum atomic E-state index is 10.9. The van der Waals surface area contributed by atoms with Crippen LogP contribution in [0, 0.1) is 0 Å². The quantitative estimate of drug-likeness (QED) is 0.369. The summed E-state index contributed by atoms with van der Waals surface area (Å²) in [5.74, 6) is -0.214. The summed E-state index contributed by atoms with van der Waals surface area (Å²) in [6.45, 7) is 6.22. The lowest BCUT2D eigenvalue weighted by Gasteiger charge is -2.10. The van der Waals surface area contributed by atoms with Gasteiger partial charge in [-0.25, -0.2) is 0 Å². The molecule has 12 heavy (non-hydrogen) atoms. The molecule has 0 aliphatic rings. The van der Waals surface area contributed by atoms with Gasteiger partial charge in [0.1, 0.15) is 6.04 Å². The van der Waals surface area contributed by atoms with Crippen LogP contribution in [-0.2, 0) is 9.53 Å². The third-order valence-corrected chi connectivity index (χ3v) is 1.59. The van der Waals surface area contributed by atoms with Gasteiger partial charge >= 0.3 is 5.97 Å². The Morgan fingerprint density at radius 1 is 1.75 bits per heavy atom. The van der Waals surface area contributed by atoms with Crippen molar-refractivity contribution in [2.24, 2.45) is 0 Å². The van der Waals surface area contributed by atoms with E-state index in [1.54, 1.807) is 6.92 Å². The van der Waals surface area contributed by atoms with Crippen LogP contribution in [0.2, 0.25) is 0 Å². The zero-order valence-corrected chi connectivity index (χ0v) is 7.80. The minimum Gasteiger partial charge on any atom is -0.468 e. The van der Waals surface area contributed by atoms with Crippen molar-refractivity contribution in [2.75, 3.05) is 13.7 Å². The number of hydrogen-bond donors (Lipinski definition) is 1. The maximum absolute atomic E-state index is 10.9. The Morgan fingerprint density at radius 2 is 2.42 bits per heavy atom. The molecule has 0 saturated heterocycles. The molecular weight excluding hydrogens is 154 g/mol. The second-order valence-corrected chi connectivity index (χ2v) is 2.63. The van der Waals surface area contributed by atoms with Crippen LogP contribution in [0.5, 0.6) is 0 Å². The predicted octanol–water partition coefficient (Wildman–Crippen LogP) is 1.10. The molecule has 1 atom stereocenters. The van der Waals surface area contributed by atoms with Crippen LogP contribution in [0.3, 0.4) is 0 Å². The van der Waals surface area contributed by atoms with Crippen LogP contribution in [0.1, 0.15) is 19.8 Å². The van der Waals surface area contributed by atoms with Crippen molar-refractivity contribution in [1.29, 1.82) is 0 Å². The van der Waals surface area contributed by atoms with Gasteiger partial charge in [-0.3, -0.25) is 4.79 Å². The highest BCUT2D eigenvalue weighted by Gasteiger charge is 2.10. The van der Waals surface area contributed by atoms with Crippen molar-refractivity contribution in [3.63, 3.8) is 0 Å². The van der Waals surface area contributed by atoms with Gasteiger partial charge in [0.15, 0.2) is 0 Å². The molecular formula is C9H17NO2. The number of methoxy groups -OCH3 is 1. The van der Waals surface area contributed by atoms with E-state index in [1.165, 1.54) is 7.11 Å². The predicted molar refractivity (Wildman–Crippen MR) is 48.9 cm³/mol. The summed E-state index contributed by atoms with van der Waals surface area (Å²) in [5, 5.41) is 3.05. The number of carbonyl (C=O) groups is 1. The monoisotopic (exact) mass is 171 g/mol. The third-order valence-electron chi connectivity index (χ3n) is 1.59. The Kier molecular flexibility index (Phi) is 6.38. The summed E-state index contributed by atoms with van der Waals surface area (Å²) in [6, 6.07) is -0.209. The molecule has 0 heterocycles. The molecule has 70 valence electrons. The minimum atomic E-state index is -0.214. The van der Waals surface area contributed by atoms with Crippen LogP contribution in [0.25, 0.3) is 0 Å². The summed E-state index contributed by atoms with van der Waals surface area (Å²) < 4.78 is 4.55. The van der Waals surface area contributed by atoms with E-state index in [0.29, 0.717) is 0 Å². The van der Waals surface area contributed by atoms with Gasteiger partial charge < -0.3 is 10.1 Å². The smallest absolute Gasteiger partial charge is 0.322 e. The summed E-state index contributed by atoms with van der Waals surface area (Å²) in [4.78, 5) is 10.9.